The second-order valence-electron chi connectivity index (χ2n) is 5.38. The normalized spacial score (nSPS) is 14.9. The molecule has 1 aromatic rings. The van der Waals surface area contributed by atoms with Crippen LogP contribution in [0.2, 0.25) is 0 Å². The third-order valence-corrected chi connectivity index (χ3v) is 2.73. The molecule has 0 amide bonds. The Morgan fingerprint density at radius 1 is 1.35 bits per heavy atom. The van der Waals surface area contributed by atoms with Crippen LogP contribution in [0.4, 0.5) is 0 Å². The average molecular weight is 236 g/mol. The number of rotatable bonds is 7. The molecule has 0 spiro atoms. The van der Waals surface area contributed by atoms with E-state index in [0.717, 1.165) is 25.1 Å². The number of hydrogen-bond acceptors (Lipinski definition) is 3. The molecular formula is C14H24N2O. The van der Waals surface area contributed by atoms with Gasteiger partial charge in [0.25, 0.3) is 0 Å². The van der Waals surface area contributed by atoms with Crippen LogP contribution in [0.25, 0.3) is 0 Å². The van der Waals surface area contributed by atoms with Crippen LogP contribution in [0.1, 0.15) is 32.8 Å². The molecule has 0 radical (unpaired) electrons. The van der Waals surface area contributed by atoms with Crippen molar-refractivity contribution in [1.82, 2.24) is 10.3 Å². The van der Waals surface area contributed by atoms with Crippen LogP contribution in [-0.2, 0) is 6.42 Å². The van der Waals surface area contributed by atoms with Crippen molar-refractivity contribution in [3.05, 3.63) is 30.1 Å². The summed E-state index contributed by atoms with van der Waals surface area (Å²) in [6.45, 7) is 8.12. The number of hydrogen-bond donors (Lipinski definition) is 2. The van der Waals surface area contributed by atoms with Gasteiger partial charge in [0, 0.05) is 18.8 Å². The zero-order chi connectivity index (χ0) is 12.7. The molecule has 0 saturated heterocycles. The molecule has 2 N–H and O–H groups in total. The predicted octanol–water partition coefficient (Wildman–Crippen LogP) is 2.01. The van der Waals surface area contributed by atoms with Crippen molar-refractivity contribution >= 4 is 0 Å². The van der Waals surface area contributed by atoms with Gasteiger partial charge in [-0.15, -0.1) is 0 Å². The van der Waals surface area contributed by atoms with Crippen molar-refractivity contribution in [3.8, 4) is 0 Å². The molecule has 1 aromatic heterocycles. The summed E-state index contributed by atoms with van der Waals surface area (Å²) in [6, 6.07) is 3.91. The summed E-state index contributed by atoms with van der Waals surface area (Å²) in [4.78, 5) is 3.98. The van der Waals surface area contributed by atoms with Crippen LogP contribution >= 0.6 is 0 Å². The highest BCUT2D eigenvalue weighted by atomic mass is 16.3. The van der Waals surface area contributed by atoms with Gasteiger partial charge in [0.1, 0.15) is 0 Å². The van der Waals surface area contributed by atoms with Crippen molar-refractivity contribution in [2.75, 3.05) is 13.1 Å². The Balaban J connectivity index is 2.31. The first-order chi connectivity index (χ1) is 7.99. The van der Waals surface area contributed by atoms with E-state index in [4.69, 9.17) is 0 Å². The van der Waals surface area contributed by atoms with Gasteiger partial charge in [0.15, 0.2) is 0 Å². The van der Waals surface area contributed by atoms with E-state index in [0.29, 0.717) is 12.3 Å². The zero-order valence-corrected chi connectivity index (χ0v) is 11.1. The SMILES string of the molecule is CC(C)CNCCC(C)(O)Cc1ccncc1. The Labute approximate surface area is 104 Å². The largest absolute Gasteiger partial charge is 0.390 e. The van der Waals surface area contributed by atoms with E-state index in [1.54, 1.807) is 12.4 Å². The van der Waals surface area contributed by atoms with Gasteiger partial charge in [0.2, 0.25) is 0 Å². The van der Waals surface area contributed by atoms with Gasteiger partial charge in [-0.2, -0.15) is 0 Å². The van der Waals surface area contributed by atoms with Gasteiger partial charge in [-0.1, -0.05) is 13.8 Å². The van der Waals surface area contributed by atoms with Crippen LogP contribution in [0.3, 0.4) is 0 Å². The maximum absolute atomic E-state index is 10.3. The first kappa shape index (κ1) is 14.1. The smallest absolute Gasteiger partial charge is 0.0672 e. The Morgan fingerprint density at radius 2 is 2.00 bits per heavy atom. The van der Waals surface area contributed by atoms with E-state index >= 15 is 0 Å². The molecule has 96 valence electrons. The lowest BCUT2D eigenvalue weighted by molar-refractivity contribution is 0.0514. The van der Waals surface area contributed by atoms with Crippen molar-refractivity contribution in [1.29, 1.82) is 0 Å². The number of pyridine rings is 1. The monoisotopic (exact) mass is 236 g/mol. The van der Waals surface area contributed by atoms with E-state index in [9.17, 15) is 5.11 Å². The molecule has 1 atom stereocenters. The second-order valence-corrected chi connectivity index (χ2v) is 5.38. The van der Waals surface area contributed by atoms with E-state index in [1.807, 2.05) is 19.1 Å². The molecular weight excluding hydrogens is 212 g/mol. The Kier molecular flexibility index (Phi) is 5.59. The summed E-state index contributed by atoms with van der Waals surface area (Å²) in [5.41, 5.74) is 0.486. The molecule has 0 aliphatic carbocycles. The van der Waals surface area contributed by atoms with Gasteiger partial charge in [0.05, 0.1) is 5.60 Å². The molecule has 0 aliphatic heterocycles. The number of aliphatic hydroxyl groups is 1. The second kappa shape index (κ2) is 6.72. The Bertz CT molecular complexity index is 309. The highest BCUT2D eigenvalue weighted by Crippen LogP contribution is 2.15. The molecule has 0 saturated carbocycles. The van der Waals surface area contributed by atoms with Crippen molar-refractivity contribution in [2.24, 2.45) is 5.92 Å². The molecule has 17 heavy (non-hydrogen) atoms. The highest BCUT2D eigenvalue weighted by molar-refractivity contribution is 5.12. The topological polar surface area (TPSA) is 45.1 Å². The van der Waals surface area contributed by atoms with Crippen LogP contribution in [0.5, 0.6) is 0 Å². The first-order valence-electron chi connectivity index (χ1n) is 6.31. The predicted molar refractivity (Wildman–Crippen MR) is 70.9 cm³/mol. The molecule has 0 bridgehead atoms. The lowest BCUT2D eigenvalue weighted by Crippen LogP contribution is -2.33. The number of aromatic nitrogens is 1. The zero-order valence-electron chi connectivity index (χ0n) is 11.1. The molecule has 1 rings (SSSR count). The molecule has 0 fully saturated rings. The fraction of sp³-hybridized carbons (Fsp3) is 0.643. The van der Waals surface area contributed by atoms with Crippen LogP contribution in [0.15, 0.2) is 24.5 Å². The van der Waals surface area contributed by atoms with Crippen LogP contribution < -0.4 is 5.32 Å². The first-order valence-corrected chi connectivity index (χ1v) is 6.31. The minimum Gasteiger partial charge on any atom is -0.390 e. The molecule has 0 aromatic carbocycles. The van der Waals surface area contributed by atoms with Crippen LogP contribution in [0, 0.1) is 5.92 Å². The third-order valence-electron chi connectivity index (χ3n) is 2.73. The Hall–Kier alpha value is -0.930. The maximum Gasteiger partial charge on any atom is 0.0672 e. The van der Waals surface area contributed by atoms with Crippen LogP contribution in [-0.4, -0.2) is 28.8 Å². The summed E-state index contributed by atoms with van der Waals surface area (Å²) in [7, 11) is 0. The van der Waals surface area contributed by atoms with Crippen molar-refractivity contribution in [3.63, 3.8) is 0 Å². The summed E-state index contributed by atoms with van der Waals surface area (Å²) >= 11 is 0. The number of nitrogens with zero attached hydrogens (tertiary/aromatic N) is 1. The maximum atomic E-state index is 10.3. The number of nitrogens with one attached hydrogen (secondary N) is 1. The van der Waals surface area contributed by atoms with E-state index in [-0.39, 0.29) is 0 Å². The standard InChI is InChI=1S/C14H24N2O/c1-12(2)11-16-9-6-14(3,17)10-13-4-7-15-8-5-13/h4-5,7-8,12,16-17H,6,9-11H2,1-3H3. The quantitative estimate of drug-likeness (QED) is 0.712. The minimum absolute atomic E-state index is 0.647. The van der Waals surface area contributed by atoms with Crippen molar-refractivity contribution in [2.45, 2.75) is 39.2 Å². The van der Waals surface area contributed by atoms with Gasteiger partial charge in [-0.25, -0.2) is 0 Å². The molecule has 0 aliphatic rings. The highest BCUT2D eigenvalue weighted by Gasteiger charge is 2.20. The lowest BCUT2D eigenvalue weighted by Gasteiger charge is -2.23. The summed E-state index contributed by atoms with van der Waals surface area (Å²) in [5.74, 6) is 0.653. The van der Waals surface area contributed by atoms with Gasteiger partial charge in [-0.05, 0) is 50.0 Å². The fourth-order valence-electron chi connectivity index (χ4n) is 1.78. The average Bonchev–Trinajstić information content (AvgIpc) is 2.25. The minimum atomic E-state index is -0.647. The van der Waals surface area contributed by atoms with Crippen molar-refractivity contribution < 1.29 is 5.11 Å². The summed E-state index contributed by atoms with van der Waals surface area (Å²) in [5, 5.41) is 13.6. The van der Waals surface area contributed by atoms with Gasteiger partial charge < -0.3 is 10.4 Å². The third kappa shape index (κ3) is 6.39. The fourth-order valence-corrected chi connectivity index (χ4v) is 1.78. The molecule has 1 heterocycles. The lowest BCUT2D eigenvalue weighted by atomic mass is 9.94. The summed E-state index contributed by atoms with van der Waals surface area (Å²) < 4.78 is 0. The Morgan fingerprint density at radius 3 is 2.59 bits per heavy atom. The van der Waals surface area contributed by atoms with Gasteiger partial charge >= 0.3 is 0 Å². The van der Waals surface area contributed by atoms with Gasteiger partial charge in [-0.3, -0.25) is 4.98 Å². The molecule has 3 nitrogen and oxygen atoms in total. The molecule has 1 unspecified atom stereocenters. The van der Waals surface area contributed by atoms with E-state index in [2.05, 4.69) is 24.1 Å². The van der Waals surface area contributed by atoms with E-state index in [1.165, 1.54) is 0 Å². The van der Waals surface area contributed by atoms with E-state index < -0.39 is 5.60 Å². The summed E-state index contributed by atoms with van der Waals surface area (Å²) in [6.07, 6.45) is 4.98. The molecule has 3 heteroatoms.